The number of aromatic nitrogens is 1. The third kappa shape index (κ3) is 4.77. The molecule has 0 unspecified atom stereocenters. The van der Waals surface area contributed by atoms with Crippen LogP contribution < -0.4 is 10.2 Å². The van der Waals surface area contributed by atoms with Crippen molar-refractivity contribution in [2.75, 3.05) is 6.61 Å². The zero-order chi connectivity index (χ0) is 19.4. The molecule has 0 aliphatic heterocycles. The Bertz CT molecular complexity index is 987. The van der Waals surface area contributed by atoms with E-state index in [1.165, 1.54) is 5.56 Å². The van der Waals surface area contributed by atoms with E-state index < -0.39 is 0 Å². The second kappa shape index (κ2) is 7.96. The number of H-pyrrole nitrogens is 1. The van der Waals surface area contributed by atoms with E-state index in [4.69, 9.17) is 4.74 Å². The molecule has 5 nitrogen and oxygen atoms in total. The summed E-state index contributed by atoms with van der Waals surface area (Å²) in [6.45, 7) is 6.33. The molecule has 6 heteroatoms. The van der Waals surface area contributed by atoms with Crippen molar-refractivity contribution in [2.24, 2.45) is 5.10 Å². The van der Waals surface area contributed by atoms with Gasteiger partial charge in [0.2, 0.25) is 0 Å². The highest BCUT2D eigenvalue weighted by molar-refractivity contribution is 9.10. The smallest absolute Gasteiger partial charge is 0.277 e. The molecule has 1 amide bonds. The number of ether oxygens (including phenoxy) is 1. The van der Waals surface area contributed by atoms with Crippen LogP contribution in [0.3, 0.4) is 0 Å². The molecule has 0 radical (unpaired) electrons. The molecule has 0 aliphatic carbocycles. The third-order valence-electron chi connectivity index (χ3n) is 4.17. The van der Waals surface area contributed by atoms with E-state index in [0.29, 0.717) is 5.75 Å². The van der Waals surface area contributed by atoms with Gasteiger partial charge in [-0.3, -0.25) is 4.79 Å². The second-order valence-electron chi connectivity index (χ2n) is 7.27. The van der Waals surface area contributed by atoms with Crippen LogP contribution in [0.2, 0.25) is 0 Å². The molecule has 3 rings (SSSR count). The predicted molar refractivity (Wildman–Crippen MR) is 112 cm³/mol. The van der Waals surface area contributed by atoms with Gasteiger partial charge in [-0.1, -0.05) is 45.0 Å². The summed E-state index contributed by atoms with van der Waals surface area (Å²) in [5.74, 6) is 0.302. The van der Waals surface area contributed by atoms with Gasteiger partial charge < -0.3 is 9.72 Å². The van der Waals surface area contributed by atoms with Crippen molar-refractivity contribution >= 4 is 39.0 Å². The van der Waals surface area contributed by atoms with Crippen LogP contribution in [0.25, 0.3) is 10.9 Å². The van der Waals surface area contributed by atoms with Crippen LogP contribution in [0.1, 0.15) is 31.9 Å². The first-order valence-electron chi connectivity index (χ1n) is 8.65. The van der Waals surface area contributed by atoms with Crippen molar-refractivity contribution in [2.45, 2.75) is 26.2 Å². The van der Waals surface area contributed by atoms with Crippen molar-refractivity contribution in [3.8, 4) is 5.75 Å². The molecule has 3 aromatic rings. The summed E-state index contributed by atoms with van der Waals surface area (Å²) in [4.78, 5) is 15.1. The summed E-state index contributed by atoms with van der Waals surface area (Å²) in [6, 6.07) is 13.8. The Balaban J connectivity index is 1.55. The maximum absolute atomic E-state index is 12.0. The predicted octanol–water partition coefficient (Wildman–Crippen LogP) is 4.76. The molecule has 1 heterocycles. The third-order valence-corrected chi connectivity index (χ3v) is 4.79. The first kappa shape index (κ1) is 19.2. The minimum absolute atomic E-state index is 0.0511. The number of para-hydroxylation sites is 1. The summed E-state index contributed by atoms with van der Waals surface area (Å²) in [6.07, 6.45) is 3.47. The van der Waals surface area contributed by atoms with E-state index in [0.717, 1.165) is 20.9 Å². The van der Waals surface area contributed by atoms with Crippen LogP contribution in [0.15, 0.2) is 58.2 Å². The number of carbonyl (C=O) groups excluding carboxylic acids is 1. The average molecular weight is 428 g/mol. The molecular weight excluding hydrogens is 406 g/mol. The lowest BCUT2D eigenvalue weighted by Gasteiger charge is -2.20. The molecule has 0 saturated heterocycles. The van der Waals surface area contributed by atoms with Crippen molar-refractivity contribution in [3.05, 3.63) is 64.3 Å². The molecular formula is C21H22BrN3O2. The second-order valence-corrected chi connectivity index (χ2v) is 8.12. The molecule has 2 aromatic carbocycles. The number of aromatic amines is 1. The molecule has 0 spiro atoms. The number of hydrogen-bond acceptors (Lipinski definition) is 3. The number of nitrogens with one attached hydrogen (secondary N) is 2. The summed E-state index contributed by atoms with van der Waals surface area (Å²) in [5, 5.41) is 5.06. The standard InChI is InChI=1S/C21H22BrN3O2/c1-21(2,3)15-8-9-19(17(22)10-15)27-13-20(26)25-24-12-14-11-23-18-7-5-4-6-16(14)18/h4-12,23H,13H2,1-3H3,(H,25,26)/b24-12+. The number of rotatable bonds is 5. The molecule has 1 aromatic heterocycles. The van der Waals surface area contributed by atoms with Gasteiger partial charge in [-0.2, -0.15) is 5.10 Å². The lowest BCUT2D eigenvalue weighted by atomic mass is 9.87. The van der Waals surface area contributed by atoms with Gasteiger partial charge in [-0.25, -0.2) is 5.43 Å². The van der Waals surface area contributed by atoms with E-state index in [2.05, 4.69) is 52.2 Å². The van der Waals surface area contributed by atoms with Gasteiger partial charge in [0, 0.05) is 22.7 Å². The first-order valence-corrected chi connectivity index (χ1v) is 9.45. The van der Waals surface area contributed by atoms with Gasteiger partial charge in [0.1, 0.15) is 5.75 Å². The SMILES string of the molecule is CC(C)(C)c1ccc(OCC(=O)N/N=C/c2c[nH]c3ccccc23)c(Br)c1. The highest BCUT2D eigenvalue weighted by atomic mass is 79.9. The maximum Gasteiger partial charge on any atom is 0.277 e. The molecule has 140 valence electrons. The topological polar surface area (TPSA) is 66.5 Å². The Labute approximate surface area is 166 Å². The lowest BCUT2D eigenvalue weighted by molar-refractivity contribution is -0.123. The van der Waals surface area contributed by atoms with Crippen LogP contribution in [0.4, 0.5) is 0 Å². The van der Waals surface area contributed by atoms with Crippen LogP contribution in [-0.2, 0) is 10.2 Å². The van der Waals surface area contributed by atoms with Gasteiger partial charge in [0.05, 0.1) is 10.7 Å². The minimum atomic E-state index is -0.321. The number of benzene rings is 2. The van der Waals surface area contributed by atoms with E-state index in [1.54, 1.807) is 6.21 Å². The maximum atomic E-state index is 12.0. The summed E-state index contributed by atoms with van der Waals surface area (Å²) in [7, 11) is 0. The molecule has 2 N–H and O–H groups in total. The van der Waals surface area contributed by atoms with Crippen LogP contribution in [-0.4, -0.2) is 23.7 Å². The molecule has 0 bridgehead atoms. The molecule has 0 saturated carbocycles. The number of nitrogens with zero attached hydrogens (tertiary/aromatic N) is 1. The molecule has 0 atom stereocenters. The zero-order valence-corrected chi connectivity index (χ0v) is 17.1. The monoisotopic (exact) mass is 427 g/mol. The number of amides is 1. The molecule has 27 heavy (non-hydrogen) atoms. The highest BCUT2D eigenvalue weighted by Crippen LogP contribution is 2.31. The van der Waals surface area contributed by atoms with Crippen molar-refractivity contribution < 1.29 is 9.53 Å². The van der Waals surface area contributed by atoms with Crippen molar-refractivity contribution in [3.63, 3.8) is 0 Å². The summed E-state index contributed by atoms with van der Waals surface area (Å²) < 4.78 is 6.41. The van der Waals surface area contributed by atoms with Crippen LogP contribution >= 0.6 is 15.9 Å². The first-order chi connectivity index (χ1) is 12.8. The minimum Gasteiger partial charge on any atom is -0.483 e. The Morgan fingerprint density at radius 3 is 2.78 bits per heavy atom. The Kier molecular flexibility index (Phi) is 5.65. The van der Waals surface area contributed by atoms with Gasteiger partial charge in [0.15, 0.2) is 6.61 Å². The highest BCUT2D eigenvalue weighted by Gasteiger charge is 2.15. The van der Waals surface area contributed by atoms with E-state index in [9.17, 15) is 4.79 Å². The van der Waals surface area contributed by atoms with Crippen LogP contribution in [0, 0.1) is 0 Å². The Morgan fingerprint density at radius 2 is 2.04 bits per heavy atom. The quantitative estimate of drug-likeness (QED) is 0.455. The van der Waals surface area contributed by atoms with Crippen molar-refractivity contribution in [1.29, 1.82) is 0 Å². The van der Waals surface area contributed by atoms with Crippen LogP contribution in [0.5, 0.6) is 5.75 Å². The summed E-state index contributed by atoms with van der Waals surface area (Å²) >= 11 is 3.50. The van der Waals surface area contributed by atoms with Crippen molar-refractivity contribution in [1.82, 2.24) is 10.4 Å². The number of halogens is 1. The number of hydrazone groups is 1. The lowest BCUT2D eigenvalue weighted by Crippen LogP contribution is -2.24. The fourth-order valence-electron chi connectivity index (χ4n) is 2.63. The molecule has 0 aliphatic rings. The fourth-order valence-corrected chi connectivity index (χ4v) is 3.13. The van der Waals surface area contributed by atoms with E-state index in [-0.39, 0.29) is 17.9 Å². The number of fused-ring (bicyclic) bond motifs is 1. The Hall–Kier alpha value is -2.60. The van der Waals surface area contributed by atoms with E-state index in [1.807, 2.05) is 48.7 Å². The summed E-state index contributed by atoms with van der Waals surface area (Å²) in [5.41, 5.74) is 5.66. The van der Waals surface area contributed by atoms with Gasteiger partial charge in [-0.15, -0.1) is 0 Å². The van der Waals surface area contributed by atoms with Gasteiger partial charge >= 0.3 is 0 Å². The Morgan fingerprint density at radius 1 is 1.26 bits per heavy atom. The van der Waals surface area contributed by atoms with Gasteiger partial charge in [0.25, 0.3) is 5.91 Å². The average Bonchev–Trinajstić information content (AvgIpc) is 3.03. The number of hydrogen-bond donors (Lipinski definition) is 2. The zero-order valence-electron chi connectivity index (χ0n) is 15.5. The molecule has 0 fully saturated rings. The number of carbonyl (C=O) groups is 1. The fraction of sp³-hybridized carbons (Fsp3) is 0.238. The largest absolute Gasteiger partial charge is 0.483 e. The van der Waals surface area contributed by atoms with Gasteiger partial charge in [-0.05, 0) is 45.1 Å². The van der Waals surface area contributed by atoms with E-state index >= 15 is 0 Å². The normalized spacial score (nSPS) is 11.9.